The zero-order valence-corrected chi connectivity index (χ0v) is 14.0. The smallest absolute Gasteiger partial charge is 0.230 e. The van der Waals surface area contributed by atoms with E-state index in [0.717, 1.165) is 31.5 Å². The van der Waals surface area contributed by atoms with Crippen LogP contribution in [0.2, 0.25) is 0 Å². The van der Waals surface area contributed by atoms with Crippen LogP contribution in [-0.4, -0.2) is 29.9 Å². The van der Waals surface area contributed by atoms with Gasteiger partial charge in [0.15, 0.2) is 0 Å². The van der Waals surface area contributed by atoms with Crippen LogP contribution in [0.3, 0.4) is 0 Å². The lowest BCUT2D eigenvalue weighted by Crippen LogP contribution is -2.54. The average molecular weight is 311 g/mol. The third kappa shape index (κ3) is 3.98. The van der Waals surface area contributed by atoms with Gasteiger partial charge in [-0.25, -0.2) is 0 Å². The lowest BCUT2D eigenvalue weighted by Gasteiger charge is -2.43. The average Bonchev–Trinajstić information content (AvgIpc) is 2.43. The second-order valence-corrected chi connectivity index (χ2v) is 6.52. The molecule has 2 unspecified atom stereocenters. The fraction of sp³-hybridized carbons (Fsp3) is 0.588. The molecule has 2 rings (SSSR count). The molecule has 118 valence electrons. The van der Waals surface area contributed by atoms with Crippen molar-refractivity contribution in [2.45, 2.75) is 45.6 Å². The molecule has 21 heavy (non-hydrogen) atoms. The molecule has 0 radical (unpaired) electrons. The van der Waals surface area contributed by atoms with Crippen LogP contribution < -0.4 is 5.73 Å². The lowest BCUT2D eigenvalue weighted by molar-refractivity contribution is -0.136. The van der Waals surface area contributed by atoms with E-state index in [1.165, 1.54) is 0 Å². The van der Waals surface area contributed by atoms with Gasteiger partial charge in [0.25, 0.3) is 0 Å². The molecule has 1 amide bonds. The lowest BCUT2D eigenvalue weighted by atomic mass is 9.79. The van der Waals surface area contributed by atoms with Crippen molar-refractivity contribution in [3.05, 3.63) is 35.9 Å². The van der Waals surface area contributed by atoms with E-state index in [0.29, 0.717) is 0 Å². The molecule has 1 aromatic rings. The summed E-state index contributed by atoms with van der Waals surface area (Å²) in [6.45, 7) is 7.93. The highest BCUT2D eigenvalue weighted by Gasteiger charge is 2.37. The predicted molar refractivity (Wildman–Crippen MR) is 89.7 cm³/mol. The van der Waals surface area contributed by atoms with Gasteiger partial charge < -0.3 is 10.6 Å². The van der Waals surface area contributed by atoms with Crippen LogP contribution in [0.15, 0.2) is 30.3 Å². The number of carbonyl (C=O) groups is 1. The fourth-order valence-electron chi connectivity index (χ4n) is 3.02. The fourth-order valence-corrected chi connectivity index (χ4v) is 3.02. The van der Waals surface area contributed by atoms with Crippen molar-refractivity contribution in [3.63, 3.8) is 0 Å². The number of piperidine rings is 1. The quantitative estimate of drug-likeness (QED) is 0.932. The number of rotatable bonds is 3. The summed E-state index contributed by atoms with van der Waals surface area (Å²) >= 11 is 0. The first-order chi connectivity index (χ1) is 9.45. The number of hydrogen-bond acceptors (Lipinski definition) is 2. The Labute approximate surface area is 134 Å². The van der Waals surface area contributed by atoms with Crippen molar-refractivity contribution in [2.24, 2.45) is 11.1 Å². The van der Waals surface area contributed by atoms with E-state index in [4.69, 9.17) is 5.73 Å². The zero-order chi connectivity index (χ0) is 14.8. The molecule has 0 aromatic heterocycles. The monoisotopic (exact) mass is 310 g/mol. The standard InChI is InChI=1S/C17H26N2O.ClH/c1-4-14(13-8-6-5-7-9-13)16(20)19-11-10-15(18)17(2,3)12-19;/h5-9,14-15H,4,10-12,18H2,1-3H3;1H. The normalized spacial score (nSPS) is 22.3. The molecule has 2 N–H and O–H groups in total. The topological polar surface area (TPSA) is 46.3 Å². The summed E-state index contributed by atoms with van der Waals surface area (Å²) in [7, 11) is 0. The third-order valence-corrected chi connectivity index (χ3v) is 4.53. The molecule has 1 fully saturated rings. The summed E-state index contributed by atoms with van der Waals surface area (Å²) in [5.41, 5.74) is 7.28. The zero-order valence-electron chi connectivity index (χ0n) is 13.2. The van der Waals surface area contributed by atoms with Gasteiger partial charge >= 0.3 is 0 Å². The summed E-state index contributed by atoms with van der Waals surface area (Å²) < 4.78 is 0. The Morgan fingerprint density at radius 2 is 2.00 bits per heavy atom. The molecule has 0 aliphatic carbocycles. The summed E-state index contributed by atoms with van der Waals surface area (Å²) in [5.74, 6) is 0.222. The van der Waals surface area contributed by atoms with Gasteiger partial charge in [0, 0.05) is 19.1 Å². The van der Waals surface area contributed by atoms with E-state index >= 15 is 0 Å². The minimum absolute atomic E-state index is 0. The molecule has 3 nitrogen and oxygen atoms in total. The number of benzene rings is 1. The van der Waals surface area contributed by atoms with Crippen molar-refractivity contribution in [3.8, 4) is 0 Å². The van der Waals surface area contributed by atoms with E-state index in [2.05, 4.69) is 20.8 Å². The third-order valence-electron chi connectivity index (χ3n) is 4.53. The van der Waals surface area contributed by atoms with Crippen LogP contribution in [0.25, 0.3) is 0 Å². The molecule has 0 bridgehead atoms. The number of hydrogen-bond donors (Lipinski definition) is 1. The number of amides is 1. The Balaban J connectivity index is 0.00000220. The first-order valence-electron chi connectivity index (χ1n) is 7.55. The number of halogens is 1. The number of nitrogens with zero attached hydrogens (tertiary/aromatic N) is 1. The van der Waals surface area contributed by atoms with Gasteiger partial charge in [0.2, 0.25) is 5.91 Å². The molecular formula is C17H27ClN2O. The predicted octanol–water partition coefficient (Wildman–Crippen LogP) is 3.19. The summed E-state index contributed by atoms with van der Waals surface area (Å²) in [4.78, 5) is 14.8. The van der Waals surface area contributed by atoms with E-state index < -0.39 is 0 Å². The van der Waals surface area contributed by atoms with Crippen LogP contribution in [-0.2, 0) is 4.79 Å². The van der Waals surface area contributed by atoms with Crippen LogP contribution in [0.4, 0.5) is 0 Å². The van der Waals surface area contributed by atoms with Crippen molar-refractivity contribution in [1.29, 1.82) is 0 Å². The Morgan fingerprint density at radius 1 is 1.38 bits per heavy atom. The number of likely N-dealkylation sites (tertiary alicyclic amines) is 1. The highest BCUT2D eigenvalue weighted by molar-refractivity contribution is 5.85. The summed E-state index contributed by atoms with van der Waals surface area (Å²) in [6.07, 6.45) is 1.73. The first-order valence-corrected chi connectivity index (χ1v) is 7.55. The van der Waals surface area contributed by atoms with Gasteiger partial charge in [-0.2, -0.15) is 0 Å². The maximum Gasteiger partial charge on any atom is 0.230 e. The Hall–Kier alpha value is -1.06. The summed E-state index contributed by atoms with van der Waals surface area (Å²) in [5, 5.41) is 0. The second kappa shape index (κ2) is 7.28. The second-order valence-electron chi connectivity index (χ2n) is 6.52. The molecule has 1 aliphatic rings. The minimum atomic E-state index is -0.0266. The van der Waals surface area contributed by atoms with Crippen LogP contribution in [0, 0.1) is 5.41 Å². The molecule has 1 aromatic carbocycles. The van der Waals surface area contributed by atoms with Crippen LogP contribution in [0.1, 0.15) is 45.1 Å². The van der Waals surface area contributed by atoms with Crippen LogP contribution >= 0.6 is 12.4 Å². The van der Waals surface area contributed by atoms with Gasteiger partial charge in [-0.1, -0.05) is 51.1 Å². The molecular weight excluding hydrogens is 284 g/mol. The van der Waals surface area contributed by atoms with E-state index in [-0.39, 0.29) is 35.7 Å². The molecule has 1 heterocycles. The number of nitrogens with two attached hydrogens (primary N) is 1. The number of carbonyl (C=O) groups excluding carboxylic acids is 1. The van der Waals surface area contributed by atoms with Gasteiger partial charge in [-0.3, -0.25) is 4.79 Å². The molecule has 0 saturated carbocycles. The van der Waals surface area contributed by atoms with E-state index in [1.54, 1.807) is 0 Å². The minimum Gasteiger partial charge on any atom is -0.342 e. The van der Waals surface area contributed by atoms with Gasteiger partial charge in [-0.15, -0.1) is 12.4 Å². The van der Waals surface area contributed by atoms with Crippen molar-refractivity contribution < 1.29 is 4.79 Å². The van der Waals surface area contributed by atoms with E-state index in [9.17, 15) is 4.79 Å². The van der Waals surface area contributed by atoms with Gasteiger partial charge in [-0.05, 0) is 23.8 Å². The molecule has 0 spiro atoms. The van der Waals surface area contributed by atoms with Gasteiger partial charge in [0.05, 0.1) is 5.92 Å². The SMILES string of the molecule is CCC(C(=O)N1CCC(N)C(C)(C)C1)c1ccccc1.Cl. The first kappa shape index (κ1) is 18.0. The van der Waals surface area contributed by atoms with Crippen molar-refractivity contribution in [2.75, 3.05) is 13.1 Å². The van der Waals surface area contributed by atoms with Crippen molar-refractivity contribution in [1.82, 2.24) is 4.90 Å². The van der Waals surface area contributed by atoms with Crippen LogP contribution in [0.5, 0.6) is 0 Å². The highest BCUT2D eigenvalue weighted by atomic mass is 35.5. The molecule has 2 atom stereocenters. The Kier molecular flexibility index (Phi) is 6.24. The Morgan fingerprint density at radius 3 is 2.52 bits per heavy atom. The summed E-state index contributed by atoms with van der Waals surface area (Å²) in [6, 6.07) is 10.3. The molecule has 4 heteroatoms. The Bertz CT molecular complexity index is 461. The maximum atomic E-state index is 12.8. The van der Waals surface area contributed by atoms with E-state index in [1.807, 2.05) is 35.2 Å². The molecule has 1 saturated heterocycles. The largest absolute Gasteiger partial charge is 0.342 e. The maximum absolute atomic E-state index is 12.8. The van der Waals surface area contributed by atoms with Crippen molar-refractivity contribution >= 4 is 18.3 Å². The van der Waals surface area contributed by atoms with Gasteiger partial charge in [0.1, 0.15) is 0 Å². The molecule has 1 aliphatic heterocycles. The highest BCUT2D eigenvalue weighted by Crippen LogP contribution is 2.30.